The highest BCUT2D eigenvalue weighted by Gasteiger charge is 2.17. The molecule has 172 valence electrons. The van der Waals surface area contributed by atoms with Crippen LogP contribution in [0.4, 0.5) is 0 Å². The summed E-state index contributed by atoms with van der Waals surface area (Å²) in [5.74, 6) is 1.67. The molecular formula is C23H41IN4O2. The molecular weight excluding hydrogens is 491 g/mol. The van der Waals surface area contributed by atoms with Gasteiger partial charge in [-0.25, -0.2) is 4.99 Å². The van der Waals surface area contributed by atoms with E-state index in [0.29, 0.717) is 19.8 Å². The molecule has 1 aliphatic heterocycles. The Morgan fingerprint density at radius 3 is 2.70 bits per heavy atom. The van der Waals surface area contributed by atoms with E-state index >= 15 is 0 Å². The second kappa shape index (κ2) is 16.8. The Morgan fingerprint density at radius 1 is 1.17 bits per heavy atom. The van der Waals surface area contributed by atoms with E-state index in [1.807, 2.05) is 0 Å². The summed E-state index contributed by atoms with van der Waals surface area (Å²) in [6.07, 6.45) is 3.61. The summed E-state index contributed by atoms with van der Waals surface area (Å²) in [4.78, 5) is 7.40. The van der Waals surface area contributed by atoms with Crippen LogP contribution in [-0.4, -0.2) is 64.0 Å². The topological polar surface area (TPSA) is 58.1 Å². The summed E-state index contributed by atoms with van der Waals surface area (Å²) in [7, 11) is 1.69. The Bertz CT molecular complexity index is 600. The predicted molar refractivity (Wildman–Crippen MR) is 136 cm³/mol. The molecule has 2 N–H and O–H groups in total. The van der Waals surface area contributed by atoms with Gasteiger partial charge in [0.05, 0.1) is 19.8 Å². The van der Waals surface area contributed by atoms with E-state index in [4.69, 9.17) is 14.5 Å². The smallest absolute Gasteiger partial charge is 0.191 e. The summed E-state index contributed by atoms with van der Waals surface area (Å²) in [5.41, 5.74) is 2.71. The average Bonchev–Trinajstić information content (AvgIpc) is 2.72. The van der Waals surface area contributed by atoms with Gasteiger partial charge in [-0.1, -0.05) is 31.2 Å². The van der Waals surface area contributed by atoms with E-state index in [1.54, 1.807) is 7.11 Å². The molecule has 6 nitrogen and oxygen atoms in total. The maximum Gasteiger partial charge on any atom is 0.191 e. The number of aliphatic imine (C=N–C) groups is 1. The average molecular weight is 533 g/mol. The number of ether oxygens (including phenoxy) is 2. The van der Waals surface area contributed by atoms with Crippen LogP contribution in [0.1, 0.15) is 44.2 Å². The normalized spacial score (nSPS) is 17.4. The number of likely N-dealkylation sites (tertiary alicyclic amines) is 1. The van der Waals surface area contributed by atoms with Gasteiger partial charge in [-0.2, -0.15) is 0 Å². The molecule has 0 saturated carbocycles. The molecule has 0 radical (unpaired) electrons. The molecule has 0 amide bonds. The fourth-order valence-electron chi connectivity index (χ4n) is 3.67. The highest BCUT2D eigenvalue weighted by atomic mass is 127. The summed E-state index contributed by atoms with van der Waals surface area (Å²) in [5, 5.41) is 6.74. The van der Waals surface area contributed by atoms with Gasteiger partial charge in [-0.3, -0.25) is 4.90 Å². The minimum absolute atomic E-state index is 0. The summed E-state index contributed by atoms with van der Waals surface area (Å²) < 4.78 is 10.5. The van der Waals surface area contributed by atoms with Gasteiger partial charge in [-0.15, -0.1) is 24.0 Å². The first-order chi connectivity index (χ1) is 14.2. The number of nitrogens with zero attached hydrogens (tertiary/aromatic N) is 2. The molecule has 30 heavy (non-hydrogen) atoms. The summed E-state index contributed by atoms with van der Waals surface area (Å²) in [6, 6.07) is 8.72. The van der Waals surface area contributed by atoms with Gasteiger partial charge in [0.25, 0.3) is 0 Å². The van der Waals surface area contributed by atoms with Gasteiger partial charge in [0.15, 0.2) is 5.96 Å². The van der Waals surface area contributed by atoms with Gasteiger partial charge >= 0.3 is 0 Å². The van der Waals surface area contributed by atoms with E-state index in [0.717, 1.165) is 44.5 Å². The zero-order chi connectivity index (χ0) is 20.7. The monoisotopic (exact) mass is 532 g/mol. The minimum Gasteiger partial charge on any atom is -0.382 e. The lowest BCUT2D eigenvalue weighted by molar-refractivity contribution is 0.0698. The second-order valence-corrected chi connectivity index (χ2v) is 7.83. The van der Waals surface area contributed by atoms with Crippen molar-refractivity contribution in [3.8, 4) is 0 Å². The van der Waals surface area contributed by atoms with Crippen LogP contribution in [0.2, 0.25) is 0 Å². The number of halogens is 1. The first kappa shape index (κ1) is 27.1. The van der Waals surface area contributed by atoms with Gasteiger partial charge in [0, 0.05) is 39.9 Å². The predicted octanol–water partition coefficient (Wildman–Crippen LogP) is 3.64. The largest absolute Gasteiger partial charge is 0.382 e. The van der Waals surface area contributed by atoms with Crippen molar-refractivity contribution in [2.75, 3.05) is 53.1 Å². The van der Waals surface area contributed by atoms with Crippen LogP contribution in [0.3, 0.4) is 0 Å². The third-order valence-electron chi connectivity index (χ3n) is 5.19. The SMILES string of the molecule is CCNC(=NCc1ccccc1CN1CCCC(C)C1)NCCCOCCOC.I. The molecule has 1 saturated heterocycles. The number of methoxy groups -OCH3 is 1. The Hall–Kier alpha value is -0.900. The van der Waals surface area contributed by atoms with Crippen LogP contribution < -0.4 is 10.6 Å². The molecule has 1 aromatic carbocycles. The Labute approximate surface area is 200 Å². The van der Waals surface area contributed by atoms with Crippen molar-refractivity contribution in [2.45, 2.75) is 46.2 Å². The Kier molecular flexibility index (Phi) is 15.2. The lowest BCUT2D eigenvalue weighted by atomic mass is 9.99. The first-order valence-electron chi connectivity index (χ1n) is 11.1. The lowest BCUT2D eigenvalue weighted by Gasteiger charge is -2.31. The number of rotatable bonds is 12. The second-order valence-electron chi connectivity index (χ2n) is 7.83. The molecule has 1 atom stereocenters. The third kappa shape index (κ3) is 10.9. The highest BCUT2D eigenvalue weighted by Crippen LogP contribution is 2.19. The third-order valence-corrected chi connectivity index (χ3v) is 5.19. The van der Waals surface area contributed by atoms with Gasteiger partial charge in [0.1, 0.15) is 0 Å². The fourth-order valence-corrected chi connectivity index (χ4v) is 3.67. The first-order valence-corrected chi connectivity index (χ1v) is 11.1. The molecule has 2 rings (SSSR count). The van der Waals surface area contributed by atoms with Crippen molar-refractivity contribution in [1.82, 2.24) is 15.5 Å². The van der Waals surface area contributed by atoms with Crippen LogP contribution in [0.5, 0.6) is 0 Å². The number of guanidine groups is 1. The van der Waals surface area contributed by atoms with E-state index < -0.39 is 0 Å². The van der Waals surface area contributed by atoms with Crippen LogP contribution in [0.25, 0.3) is 0 Å². The van der Waals surface area contributed by atoms with E-state index in [9.17, 15) is 0 Å². The van der Waals surface area contributed by atoms with Crippen LogP contribution >= 0.6 is 24.0 Å². The number of hydrogen-bond acceptors (Lipinski definition) is 4. The van der Waals surface area contributed by atoms with Crippen molar-refractivity contribution < 1.29 is 9.47 Å². The van der Waals surface area contributed by atoms with E-state index in [2.05, 4.69) is 53.6 Å². The quantitative estimate of drug-likeness (QED) is 0.186. The van der Waals surface area contributed by atoms with Crippen molar-refractivity contribution in [3.63, 3.8) is 0 Å². The van der Waals surface area contributed by atoms with Crippen LogP contribution in [0.15, 0.2) is 29.3 Å². The lowest BCUT2D eigenvalue weighted by Crippen LogP contribution is -2.38. The maximum absolute atomic E-state index is 5.51. The molecule has 1 fully saturated rings. The molecule has 0 aliphatic carbocycles. The van der Waals surface area contributed by atoms with Gasteiger partial charge in [0.2, 0.25) is 0 Å². The number of hydrogen-bond donors (Lipinski definition) is 2. The summed E-state index contributed by atoms with van der Waals surface area (Å²) in [6.45, 7) is 12.3. The molecule has 0 bridgehead atoms. The molecule has 1 unspecified atom stereocenters. The molecule has 0 spiro atoms. The molecule has 1 heterocycles. The molecule has 0 aromatic heterocycles. The van der Waals surface area contributed by atoms with Gasteiger partial charge < -0.3 is 20.1 Å². The maximum atomic E-state index is 5.51. The summed E-state index contributed by atoms with van der Waals surface area (Å²) >= 11 is 0. The number of nitrogens with one attached hydrogen (secondary N) is 2. The fraction of sp³-hybridized carbons (Fsp3) is 0.696. The van der Waals surface area contributed by atoms with Crippen molar-refractivity contribution in [2.24, 2.45) is 10.9 Å². The molecule has 1 aromatic rings. The van der Waals surface area contributed by atoms with Gasteiger partial charge in [-0.05, 0) is 49.8 Å². The van der Waals surface area contributed by atoms with Crippen LogP contribution in [-0.2, 0) is 22.6 Å². The van der Waals surface area contributed by atoms with Crippen molar-refractivity contribution in [1.29, 1.82) is 0 Å². The Balaban J connectivity index is 0.00000450. The van der Waals surface area contributed by atoms with Crippen LogP contribution in [0, 0.1) is 5.92 Å². The molecule has 7 heteroatoms. The van der Waals surface area contributed by atoms with E-state index in [-0.39, 0.29) is 24.0 Å². The molecule has 1 aliphatic rings. The number of piperidine rings is 1. The minimum atomic E-state index is 0. The Morgan fingerprint density at radius 2 is 1.97 bits per heavy atom. The van der Waals surface area contributed by atoms with Crippen molar-refractivity contribution >= 4 is 29.9 Å². The van der Waals surface area contributed by atoms with Crippen molar-refractivity contribution in [3.05, 3.63) is 35.4 Å². The number of benzene rings is 1. The standard InChI is InChI=1S/C23H40N4O2.HI/c1-4-24-23(25-12-8-14-29-16-15-28-3)26-17-21-10-5-6-11-22(21)19-27-13-7-9-20(2)18-27;/h5-6,10-11,20H,4,7-9,12-19H2,1-3H3,(H2,24,25,26);1H. The zero-order valence-corrected chi connectivity index (χ0v) is 21.3. The van der Waals surface area contributed by atoms with E-state index in [1.165, 1.54) is 37.1 Å². The zero-order valence-electron chi connectivity index (χ0n) is 19.0. The highest BCUT2D eigenvalue weighted by molar-refractivity contribution is 14.0.